The maximum atomic E-state index is 11.5. The van der Waals surface area contributed by atoms with E-state index >= 15 is 0 Å². The Morgan fingerprint density at radius 1 is 1.14 bits per heavy atom. The van der Waals surface area contributed by atoms with Gasteiger partial charge in [0.1, 0.15) is 5.75 Å². The van der Waals surface area contributed by atoms with Crippen LogP contribution in [0, 0.1) is 11.8 Å². The van der Waals surface area contributed by atoms with Gasteiger partial charge in [0, 0.05) is 19.4 Å². The lowest BCUT2D eigenvalue weighted by Crippen LogP contribution is -2.00. The maximum Gasteiger partial charge on any atom is 0.205 e. The number of hydrogen-bond acceptors (Lipinski definition) is 3. The highest BCUT2D eigenvalue weighted by Gasteiger charge is 1.98. The van der Waals surface area contributed by atoms with Crippen LogP contribution in [0.4, 0.5) is 0 Å². The van der Waals surface area contributed by atoms with E-state index in [1.165, 1.54) is 12.8 Å². The van der Waals surface area contributed by atoms with Crippen molar-refractivity contribution in [1.29, 1.82) is 0 Å². The largest absolute Gasteiger partial charge is 0.497 e. The number of ether oxygens (including phenoxy) is 2. The zero-order valence-electron chi connectivity index (χ0n) is 13.7. The summed E-state index contributed by atoms with van der Waals surface area (Å²) < 4.78 is 10.7. The molecule has 0 bridgehead atoms. The minimum absolute atomic E-state index is 0.0181. The van der Waals surface area contributed by atoms with Gasteiger partial charge in [0.2, 0.25) is 5.78 Å². The van der Waals surface area contributed by atoms with Crippen molar-refractivity contribution < 1.29 is 14.3 Å². The topological polar surface area (TPSA) is 35.5 Å². The number of hydrogen-bond donors (Lipinski definition) is 0. The fraction of sp³-hybridized carbons (Fsp3) is 0.526. The SMILES string of the molecule is CCCCCC#CC(=O)CCCOCc1ccc(OC)cc1. The maximum absolute atomic E-state index is 11.5. The lowest BCUT2D eigenvalue weighted by atomic mass is 10.2. The fourth-order valence-electron chi connectivity index (χ4n) is 1.93. The van der Waals surface area contributed by atoms with E-state index in [2.05, 4.69) is 18.8 Å². The van der Waals surface area contributed by atoms with Gasteiger partial charge < -0.3 is 9.47 Å². The van der Waals surface area contributed by atoms with Gasteiger partial charge in [-0.3, -0.25) is 4.79 Å². The predicted molar refractivity (Wildman–Crippen MR) is 88.8 cm³/mol. The van der Waals surface area contributed by atoms with Crippen LogP contribution in [0.1, 0.15) is 51.0 Å². The summed E-state index contributed by atoms with van der Waals surface area (Å²) in [6.45, 7) is 3.29. The van der Waals surface area contributed by atoms with E-state index in [0.29, 0.717) is 19.6 Å². The van der Waals surface area contributed by atoms with Crippen LogP contribution in [-0.2, 0) is 16.1 Å². The standard InChI is InChI=1S/C19H26O3/c1-3-4-5-6-7-9-18(20)10-8-15-22-16-17-11-13-19(21-2)14-12-17/h11-14H,3-6,8,10,15-16H2,1-2H3. The monoisotopic (exact) mass is 302 g/mol. The second kappa shape index (κ2) is 11.8. The molecule has 0 aromatic heterocycles. The number of carbonyl (C=O) groups is 1. The Hall–Kier alpha value is -1.79. The number of rotatable bonds is 10. The van der Waals surface area contributed by atoms with Crippen LogP contribution in [0.3, 0.4) is 0 Å². The molecule has 1 rings (SSSR count). The van der Waals surface area contributed by atoms with Gasteiger partial charge in [-0.25, -0.2) is 0 Å². The van der Waals surface area contributed by atoms with Crippen LogP contribution in [0.25, 0.3) is 0 Å². The number of carbonyl (C=O) groups excluding carboxylic acids is 1. The zero-order valence-corrected chi connectivity index (χ0v) is 13.7. The van der Waals surface area contributed by atoms with Gasteiger partial charge in [0.05, 0.1) is 13.7 Å². The third kappa shape index (κ3) is 8.49. The number of benzene rings is 1. The van der Waals surface area contributed by atoms with Gasteiger partial charge in [0.25, 0.3) is 0 Å². The van der Waals surface area contributed by atoms with E-state index in [0.717, 1.165) is 30.6 Å². The Morgan fingerprint density at radius 3 is 2.59 bits per heavy atom. The highest BCUT2D eigenvalue weighted by atomic mass is 16.5. The summed E-state index contributed by atoms with van der Waals surface area (Å²) in [7, 11) is 1.65. The molecule has 0 fully saturated rings. The highest BCUT2D eigenvalue weighted by Crippen LogP contribution is 2.12. The van der Waals surface area contributed by atoms with Crippen molar-refractivity contribution in [2.75, 3.05) is 13.7 Å². The molecule has 0 aliphatic carbocycles. The van der Waals surface area contributed by atoms with Gasteiger partial charge >= 0.3 is 0 Å². The molecule has 3 heteroatoms. The molecule has 22 heavy (non-hydrogen) atoms. The summed E-state index contributed by atoms with van der Waals surface area (Å²) in [5, 5.41) is 0. The first-order valence-electron chi connectivity index (χ1n) is 7.98. The molecule has 0 heterocycles. The van der Waals surface area contributed by atoms with Crippen LogP contribution >= 0.6 is 0 Å². The zero-order chi connectivity index (χ0) is 16.0. The van der Waals surface area contributed by atoms with Crippen molar-refractivity contribution in [3.8, 4) is 17.6 Å². The molecule has 3 nitrogen and oxygen atoms in total. The molecule has 0 radical (unpaired) electrons. The minimum Gasteiger partial charge on any atom is -0.497 e. The average molecular weight is 302 g/mol. The molecule has 0 saturated heterocycles. The first-order valence-corrected chi connectivity index (χ1v) is 7.98. The number of methoxy groups -OCH3 is 1. The smallest absolute Gasteiger partial charge is 0.205 e. The van der Waals surface area contributed by atoms with E-state index in [4.69, 9.17) is 9.47 Å². The molecule has 1 aromatic rings. The second-order valence-corrected chi connectivity index (χ2v) is 5.19. The van der Waals surface area contributed by atoms with Crippen molar-refractivity contribution in [1.82, 2.24) is 0 Å². The van der Waals surface area contributed by atoms with E-state index in [1.54, 1.807) is 7.11 Å². The summed E-state index contributed by atoms with van der Waals surface area (Å²) in [5.41, 5.74) is 1.10. The molecule has 0 saturated carbocycles. The Bertz CT molecular complexity index is 480. The molecule has 120 valence electrons. The molecule has 0 N–H and O–H groups in total. The third-order valence-electron chi connectivity index (χ3n) is 3.25. The van der Waals surface area contributed by atoms with Crippen LogP contribution in [-0.4, -0.2) is 19.5 Å². The Balaban J connectivity index is 2.08. The summed E-state index contributed by atoms with van der Waals surface area (Å²) in [6.07, 6.45) is 5.47. The van der Waals surface area contributed by atoms with Gasteiger partial charge in [-0.2, -0.15) is 0 Å². The van der Waals surface area contributed by atoms with Crippen LogP contribution in [0.5, 0.6) is 5.75 Å². The van der Waals surface area contributed by atoms with Crippen molar-refractivity contribution in [2.45, 2.75) is 52.1 Å². The second-order valence-electron chi connectivity index (χ2n) is 5.19. The quantitative estimate of drug-likeness (QED) is 0.370. The summed E-state index contributed by atoms with van der Waals surface area (Å²) in [4.78, 5) is 11.5. The number of Topliss-reactive ketones (excluding diaryl/α,β-unsaturated/α-hetero) is 1. The number of ketones is 1. The summed E-state index contributed by atoms with van der Waals surface area (Å²) >= 11 is 0. The van der Waals surface area contributed by atoms with Crippen LogP contribution in [0.15, 0.2) is 24.3 Å². The molecule has 0 atom stereocenters. The minimum atomic E-state index is 0.0181. The van der Waals surface area contributed by atoms with Gasteiger partial charge in [-0.1, -0.05) is 37.8 Å². The van der Waals surface area contributed by atoms with Gasteiger partial charge in [-0.05, 0) is 36.5 Å². The third-order valence-corrected chi connectivity index (χ3v) is 3.25. The molecular weight excluding hydrogens is 276 g/mol. The molecule has 0 aliphatic rings. The molecule has 0 amide bonds. The van der Waals surface area contributed by atoms with Crippen molar-refractivity contribution in [3.63, 3.8) is 0 Å². The van der Waals surface area contributed by atoms with Crippen molar-refractivity contribution >= 4 is 5.78 Å². The lowest BCUT2D eigenvalue weighted by Gasteiger charge is -2.04. The molecule has 0 spiro atoms. The fourth-order valence-corrected chi connectivity index (χ4v) is 1.93. The normalized spacial score (nSPS) is 9.91. The van der Waals surface area contributed by atoms with Gasteiger partial charge in [0.15, 0.2) is 0 Å². The first kappa shape index (κ1) is 18.3. The van der Waals surface area contributed by atoms with E-state index in [9.17, 15) is 4.79 Å². The van der Waals surface area contributed by atoms with E-state index in [1.807, 2.05) is 24.3 Å². The average Bonchev–Trinajstić information content (AvgIpc) is 2.55. The van der Waals surface area contributed by atoms with Crippen molar-refractivity contribution in [3.05, 3.63) is 29.8 Å². The van der Waals surface area contributed by atoms with E-state index < -0.39 is 0 Å². The first-order chi connectivity index (χ1) is 10.8. The molecule has 0 unspecified atom stereocenters. The molecule has 1 aromatic carbocycles. The van der Waals surface area contributed by atoms with Crippen molar-refractivity contribution in [2.24, 2.45) is 0 Å². The molecule has 0 aliphatic heterocycles. The van der Waals surface area contributed by atoms with Crippen LogP contribution in [0.2, 0.25) is 0 Å². The Morgan fingerprint density at radius 2 is 1.91 bits per heavy atom. The predicted octanol–water partition coefficient (Wildman–Crippen LogP) is 4.14. The summed E-state index contributed by atoms with van der Waals surface area (Å²) in [6, 6.07) is 7.78. The van der Waals surface area contributed by atoms with E-state index in [-0.39, 0.29) is 5.78 Å². The Labute approximate surface area is 134 Å². The Kier molecular flexibility index (Phi) is 9.81. The van der Waals surface area contributed by atoms with Crippen LogP contribution < -0.4 is 4.74 Å². The molecular formula is C19H26O3. The van der Waals surface area contributed by atoms with Gasteiger partial charge in [-0.15, -0.1) is 0 Å². The summed E-state index contributed by atoms with van der Waals surface area (Å²) in [5.74, 6) is 6.51. The number of unbranched alkanes of at least 4 members (excludes halogenated alkanes) is 3. The highest BCUT2D eigenvalue weighted by molar-refractivity contribution is 5.95. The lowest BCUT2D eigenvalue weighted by molar-refractivity contribution is -0.114.